The summed E-state index contributed by atoms with van der Waals surface area (Å²) in [6.07, 6.45) is 0.930. The van der Waals surface area contributed by atoms with Gasteiger partial charge in [-0.1, -0.05) is 32.9 Å². The van der Waals surface area contributed by atoms with Crippen LogP contribution >= 0.6 is 11.6 Å². The van der Waals surface area contributed by atoms with Crippen LogP contribution in [0.5, 0.6) is 5.75 Å². The Balaban J connectivity index is 2.19. The summed E-state index contributed by atoms with van der Waals surface area (Å²) in [5, 5.41) is 0.0721. The van der Waals surface area contributed by atoms with Gasteiger partial charge in [0.1, 0.15) is 18.0 Å². The first-order chi connectivity index (χ1) is 9.32. The van der Waals surface area contributed by atoms with Crippen molar-refractivity contribution in [2.24, 2.45) is 0 Å². The molecule has 0 saturated heterocycles. The number of hydrogen-bond donors (Lipinski definition) is 0. The van der Waals surface area contributed by atoms with Crippen LogP contribution in [0, 0.1) is 6.92 Å². The first-order valence-electron chi connectivity index (χ1n) is 7.36. The van der Waals surface area contributed by atoms with Crippen LogP contribution in [-0.2, 0) is 10.2 Å². The van der Waals surface area contributed by atoms with Gasteiger partial charge < -0.3 is 9.47 Å². The second-order valence-corrected chi connectivity index (χ2v) is 7.14. The van der Waals surface area contributed by atoms with Crippen molar-refractivity contribution < 1.29 is 9.47 Å². The zero-order valence-electron chi connectivity index (χ0n) is 13.1. The summed E-state index contributed by atoms with van der Waals surface area (Å²) in [6.45, 7) is 11.4. The van der Waals surface area contributed by atoms with E-state index in [2.05, 4.69) is 45.9 Å². The Labute approximate surface area is 127 Å². The molecule has 1 aromatic carbocycles. The number of rotatable bonds is 4. The van der Waals surface area contributed by atoms with Crippen molar-refractivity contribution in [2.75, 3.05) is 6.61 Å². The standard InChI is InChI=1S/C17H25ClO2/c1-6-19-16-13(18)10-15(16)20-14-9-11(2)7-8-12(14)17(3,4)5/h7-9,13,15-16H,6,10H2,1-5H3. The van der Waals surface area contributed by atoms with Gasteiger partial charge in [0.05, 0.1) is 5.38 Å². The molecular weight excluding hydrogens is 272 g/mol. The van der Waals surface area contributed by atoms with Gasteiger partial charge in [-0.05, 0) is 36.5 Å². The third-order valence-corrected chi connectivity index (χ3v) is 4.19. The fraction of sp³-hybridized carbons (Fsp3) is 0.647. The minimum Gasteiger partial charge on any atom is -0.487 e. The molecule has 2 nitrogen and oxygen atoms in total. The minimum atomic E-state index is 0.00926. The molecule has 0 bridgehead atoms. The molecule has 112 valence electrons. The van der Waals surface area contributed by atoms with Gasteiger partial charge in [-0.3, -0.25) is 0 Å². The van der Waals surface area contributed by atoms with E-state index in [0.717, 1.165) is 12.2 Å². The maximum atomic E-state index is 6.21. The Hall–Kier alpha value is -0.730. The Morgan fingerprint density at radius 2 is 2.00 bits per heavy atom. The lowest BCUT2D eigenvalue weighted by atomic mass is 9.85. The first-order valence-corrected chi connectivity index (χ1v) is 7.80. The molecule has 0 aliphatic heterocycles. The van der Waals surface area contributed by atoms with Crippen molar-refractivity contribution in [3.8, 4) is 5.75 Å². The van der Waals surface area contributed by atoms with Gasteiger partial charge in [-0.25, -0.2) is 0 Å². The summed E-state index contributed by atoms with van der Waals surface area (Å²) >= 11 is 6.21. The van der Waals surface area contributed by atoms with Crippen molar-refractivity contribution in [3.05, 3.63) is 29.3 Å². The average molecular weight is 297 g/mol. The molecular formula is C17H25ClO2. The molecule has 0 N–H and O–H groups in total. The predicted octanol–water partition coefficient (Wildman–Crippen LogP) is 4.46. The summed E-state index contributed by atoms with van der Waals surface area (Å²) in [5.41, 5.74) is 2.51. The van der Waals surface area contributed by atoms with Crippen molar-refractivity contribution in [1.29, 1.82) is 0 Å². The van der Waals surface area contributed by atoms with Crippen LogP contribution < -0.4 is 4.74 Å². The fourth-order valence-corrected chi connectivity index (χ4v) is 2.97. The van der Waals surface area contributed by atoms with E-state index in [1.807, 2.05) is 6.92 Å². The number of benzene rings is 1. The molecule has 0 amide bonds. The van der Waals surface area contributed by atoms with Crippen molar-refractivity contribution in [3.63, 3.8) is 0 Å². The van der Waals surface area contributed by atoms with Crippen LogP contribution in [0.4, 0.5) is 0 Å². The monoisotopic (exact) mass is 296 g/mol. The van der Waals surface area contributed by atoms with Gasteiger partial charge >= 0.3 is 0 Å². The molecule has 3 atom stereocenters. The van der Waals surface area contributed by atoms with E-state index in [0.29, 0.717) is 6.61 Å². The van der Waals surface area contributed by atoms with Gasteiger partial charge in [0.15, 0.2) is 0 Å². The predicted molar refractivity (Wildman–Crippen MR) is 84.0 cm³/mol. The number of alkyl halides is 1. The molecule has 0 spiro atoms. The minimum absolute atomic E-state index is 0.00926. The molecule has 1 aromatic rings. The molecule has 1 aliphatic rings. The topological polar surface area (TPSA) is 18.5 Å². The van der Waals surface area contributed by atoms with Crippen molar-refractivity contribution in [1.82, 2.24) is 0 Å². The third-order valence-electron chi connectivity index (χ3n) is 3.76. The highest BCUT2D eigenvalue weighted by molar-refractivity contribution is 6.21. The Morgan fingerprint density at radius 1 is 1.30 bits per heavy atom. The third kappa shape index (κ3) is 3.29. The second-order valence-electron chi connectivity index (χ2n) is 6.58. The smallest absolute Gasteiger partial charge is 0.128 e. The summed E-state index contributed by atoms with van der Waals surface area (Å²) in [4.78, 5) is 0. The average Bonchev–Trinajstić information content (AvgIpc) is 2.34. The molecule has 1 aliphatic carbocycles. The van der Waals surface area contributed by atoms with Crippen LogP contribution in [0.25, 0.3) is 0 Å². The van der Waals surface area contributed by atoms with E-state index in [9.17, 15) is 0 Å². The highest BCUT2D eigenvalue weighted by Gasteiger charge is 2.43. The van der Waals surface area contributed by atoms with Crippen LogP contribution in [0.15, 0.2) is 18.2 Å². The van der Waals surface area contributed by atoms with Crippen molar-refractivity contribution >= 4 is 11.6 Å². The van der Waals surface area contributed by atoms with Crippen LogP contribution in [0.2, 0.25) is 0 Å². The lowest BCUT2D eigenvalue weighted by Gasteiger charge is -2.41. The molecule has 3 heteroatoms. The van der Waals surface area contributed by atoms with Gasteiger partial charge in [-0.2, -0.15) is 0 Å². The van der Waals surface area contributed by atoms with Crippen LogP contribution in [-0.4, -0.2) is 24.2 Å². The van der Waals surface area contributed by atoms with Crippen LogP contribution in [0.1, 0.15) is 45.2 Å². The van der Waals surface area contributed by atoms with Gasteiger partial charge in [0.2, 0.25) is 0 Å². The SMILES string of the molecule is CCOC1C(Cl)CC1Oc1cc(C)ccc1C(C)(C)C. The first kappa shape index (κ1) is 15.7. The second kappa shape index (κ2) is 5.95. The number of halogens is 1. The van der Waals surface area contributed by atoms with E-state index in [1.54, 1.807) is 0 Å². The van der Waals surface area contributed by atoms with Crippen LogP contribution in [0.3, 0.4) is 0 Å². The number of ether oxygens (including phenoxy) is 2. The largest absolute Gasteiger partial charge is 0.487 e. The fourth-order valence-electron chi connectivity index (χ4n) is 2.56. The normalized spacial score (nSPS) is 26.2. The molecule has 0 radical (unpaired) electrons. The molecule has 0 heterocycles. The summed E-state index contributed by atoms with van der Waals surface area (Å²) < 4.78 is 11.9. The van der Waals surface area contributed by atoms with E-state index >= 15 is 0 Å². The molecule has 1 saturated carbocycles. The number of aryl methyl sites for hydroxylation is 1. The molecule has 2 rings (SSSR count). The number of hydrogen-bond acceptors (Lipinski definition) is 2. The highest BCUT2D eigenvalue weighted by atomic mass is 35.5. The Bertz CT molecular complexity index is 465. The van der Waals surface area contributed by atoms with E-state index in [-0.39, 0.29) is 23.0 Å². The molecule has 3 unspecified atom stereocenters. The maximum absolute atomic E-state index is 6.21. The van der Waals surface area contributed by atoms with Gasteiger partial charge in [-0.15, -0.1) is 11.6 Å². The zero-order chi connectivity index (χ0) is 14.9. The van der Waals surface area contributed by atoms with Crippen molar-refractivity contribution in [2.45, 2.75) is 64.0 Å². The summed E-state index contributed by atoms with van der Waals surface area (Å²) in [7, 11) is 0. The maximum Gasteiger partial charge on any atom is 0.128 e. The quantitative estimate of drug-likeness (QED) is 0.764. The van der Waals surface area contributed by atoms with E-state index < -0.39 is 0 Å². The highest BCUT2D eigenvalue weighted by Crippen LogP contribution is 2.37. The summed E-state index contributed by atoms with van der Waals surface area (Å²) in [5.74, 6) is 0.968. The van der Waals surface area contributed by atoms with E-state index in [1.165, 1.54) is 11.1 Å². The molecule has 20 heavy (non-hydrogen) atoms. The lowest BCUT2D eigenvalue weighted by Crippen LogP contribution is -2.52. The zero-order valence-corrected chi connectivity index (χ0v) is 13.8. The lowest BCUT2D eigenvalue weighted by molar-refractivity contribution is -0.0764. The Kier molecular flexibility index (Phi) is 4.66. The molecule has 0 aromatic heterocycles. The van der Waals surface area contributed by atoms with E-state index in [4.69, 9.17) is 21.1 Å². The van der Waals surface area contributed by atoms with Gasteiger partial charge in [0, 0.05) is 13.0 Å². The van der Waals surface area contributed by atoms with Gasteiger partial charge in [0.25, 0.3) is 0 Å². The summed E-state index contributed by atoms with van der Waals surface area (Å²) in [6, 6.07) is 6.42. The molecule has 1 fully saturated rings. The Morgan fingerprint density at radius 3 is 2.55 bits per heavy atom.